The van der Waals surface area contributed by atoms with E-state index in [1.54, 1.807) is 34.3 Å². The van der Waals surface area contributed by atoms with E-state index in [1.165, 1.54) is 0 Å². The molecular weight excluding hydrogens is 210 g/mol. The Balaban J connectivity index is 3.99. The topological polar surface area (TPSA) is 60.3 Å². The van der Waals surface area contributed by atoms with Crippen molar-refractivity contribution in [1.29, 1.82) is 0 Å². The molecule has 0 heterocycles. The Hall–Kier alpha value is -0.490. The Morgan fingerprint density at radius 3 is 2.50 bits per heavy atom. The van der Waals surface area contributed by atoms with E-state index in [4.69, 9.17) is 14.2 Å². The fraction of sp³-hybridized carbons (Fsp3) is 0.909. The number of rotatable bonds is 9. The lowest BCUT2D eigenvalue weighted by Gasteiger charge is -2.25. The van der Waals surface area contributed by atoms with Gasteiger partial charge in [-0.1, -0.05) is 0 Å². The van der Waals surface area contributed by atoms with Crippen molar-refractivity contribution in [3.8, 4) is 0 Å². The lowest BCUT2D eigenvalue weighted by Crippen LogP contribution is -2.31. The van der Waals surface area contributed by atoms with Crippen molar-refractivity contribution in [2.75, 3.05) is 27.6 Å². The number of hydrogen-bond donors (Lipinski definition) is 1. The molecule has 0 aliphatic rings. The average molecular weight is 233 g/mol. The maximum atomic E-state index is 9.56. The van der Waals surface area contributed by atoms with Gasteiger partial charge in [0.2, 0.25) is 0 Å². The Morgan fingerprint density at radius 1 is 1.31 bits per heavy atom. The second-order valence-corrected chi connectivity index (χ2v) is 3.99. The summed E-state index contributed by atoms with van der Waals surface area (Å²) in [6.07, 6.45) is 3.01. The van der Waals surface area contributed by atoms with Crippen molar-refractivity contribution in [3.63, 3.8) is 0 Å². The predicted molar refractivity (Wildman–Crippen MR) is 62.6 cm³/mol. The number of nitrogens with zero attached hydrogens (tertiary/aromatic N) is 1. The van der Waals surface area contributed by atoms with Crippen LogP contribution in [0, 0.1) is 0 Å². The lowest BCUT2D eigenvalue weighted by atomic mass is 10.2. The van der Waals surface area contributed by atoms with E-state index >= 15 is 0 Å². The Labute approximate surface area is 97.4 Å². The molecule has 0 saturated carbocycles. The molecule has 1 unspecified atom stereocenters. The van der Waals surface area contributed by atoms with Gasteiger partial charge in [-0.25, -0.2) is 0 Å². The van der Waals surface area contributed by atoms with Crippen LogP contribution in [0.1, 0.15) is 26.7 Å². The van der Waals surface area contributed by atoms with Gasteiger partial charge in [0.15, 0.2) is 5.79 Å². The summed E-state index contributed by atoms with van der Waals surface area (Å²) in [7, 11) is 3.23. The van der Waals surface area contributed by atoms with Crippen LogP contribution in [0.5, 0.6) is 0 Å². The maximum absolute atomic E-state index is 9.56. The summed E-state index contributed by atoms with van der Waals surface area (Å²) in [5, 5.41) is 9.56. The SMILES string of the molecule is COCCC(C/C=N\COC)OC(C)(C)O. The Bertz CT molecular complexity index is 189. The van der Waals surface area contributed by atoms with Crippen molar-refractivity contribution < 1.29 is 19.3 Å². The third kappa shape index (κ3) is 10.0. The smallest absolute Gasteiger partial charge is 0.160 e. The molecule has 1 atom stereocenters. The van der Waals surface area contributed by atoms with E-state index in [-0.39, 0.29) is 6.10 Å². The van der Waals surface area contributed by atoms with Crippen molar-refractivity contribution in [3.05, 3.63) is 0 Å². The highest BCUT2D eigenvalue weighted by molar-refractivity contribution is 5.57. The zero-order chi connectivity index (χ0) is 12.4. The molecule has 0 amide bonds. The normalized spacial score (nSPS) is 14.6. The van der Waals surface area contributed by atoms with Gasteiger partial charge in [0.05, 0.1) is 6.10 Å². The third-order valence-electron chi connectivity index (χ3n) is 1.80. The maximum Gasteiger partial charge on any atom is 0.160 e. The van der Waals surface area contributed by atoms with Crippen LogP contribution in [0.2, 0.25) is 0 Å². The first-order valence-corrected chi connectivity index (χ1v) is 5.36. The van der Waals surface area contributed by atoms with Crippen molar-refractivity contribution >= 4 is 6.21 Å². The zero-order valence-corrected chi connectivity index (χ0v) is 10.6. The van der Waals surface area contributed by atoms with Crippen LogP contribution in [0.15, 0.2) is 4.99 Å². The van der Waals surface area contributed by atoms with E-state index in [1.807, 2.05) is 0 Å². The van der Waals surface area contributed by atoms with E-state index in [2.05, 4.69) is 4.99 Å². The number of hydrogen-bond acceptors (Lipinski definition) is 5. The van der Waals surface area contributed by atoms with Crippen LogP contribution < -0.4 is 0 Å². The highest BCUT2D eigenvalue weighted by atomic mass is 16.6. The molecule has 16 heavy (non-hydrogen) atoms. The standard InChI is InChI=1S/C11H23NO4/c1-11(2,13)16-10(6-8-14-3)5-7-12-9-15-4/h7,10,13H,5-6,8-9H2,1-4H3/b12-7-. The van der Waals surface area contributed by atoms with Gasteiger partial charge in [-0.15, -0.1) is 0 Å². The highest BCUT2D eigenvalue weighted by Gasteiger charge is 2.19. The zero-order valence-electron chi connectivity index (χ0n) is 10.6. The molecule has 0 aliphatic heterocycles. The molecule has 96 valence electrons. The number of methoxy groups -OCH3 is 2. The van der Waals surface area contributed by atoms with Crippen LogP contribution in [-0.4, -0.2) is 50.8 Å². The second-order valence-electron chi connectivity index (χ2n) is 3.99. The van der Waals surface area contributed by atoms with Crippen LogP contribution in [-0.2, 0) is 14.2 Å². The van der Waals surface area contributed by atoms with Crippen molar-refractivity contribution in [2.45, 2.75) is 38.6 Å². The number of ether oxygens (including phenoxy) is 3. The van der Waals surface area contributed by atoms with Crippen LogP contribution in [0.4, 0.5) is 0 Å². The summed E-state index contributed by atoms with van der Waals surface area (Å²) in [4.78, 5) is 4.02. The molecular formula is C11H23NO4. The molecule has 0 radical (unpaired) electrons. The lowest BCUT2D eigenvalue weighted by molar-refractivity contribution is -0.206. The van der Waals surface area contributed by atoms with Crippen molar-refractivity contribution in [2.24, 2.45) is 4.99 Å². The minimum atomic E-state index is -1.13. The summed E-state index contributed by atoms with van der Waals surface area (Å²) in [5.41, 5.74) is 0. The van der Waals surface area contributed by atoms with Gasteiger partial charge >= 0.3 is 0 Å². The summed E-state index contributed by atoms with van der Waals surface area (Å²) in [6.45, 7) is 4.16. The monoisotopic (exact) mass is 233 g/mol. The molecule has 0 fully saturated rings. The first kappa shape index (κ1) is 15.5. The van der Waals surface area contributed by atoms with E-state index in [0.717, 1.165) is 6.42 Å². The van der Waals surface area contributed by atoms with E-state index in [9.17, 15) is 5.11 Å². The molecule has 5 heteroatoms. The van der Waals surface area contributed by atoms with Gasteiger partial charge < -0.3 is 19.3 Å². The molecule has 0 spiro atoms. The number of aliphatic hydroxyl groups is 1. The summed E-state index contributed by atoms with van der Waals surface area (Å²) >= 11 is 0. The van der Waals surface area contributed by atoms with Crippen LogP contribution in [0.3, 0.4) is 0 Å². The van der Waals surface area contributed by atoms with E-state index in [0.29, 0.717) is 19.8 Å². The first-order valence-electron chi connectivity index (χ1n) is 5.36. The molecule has 0 saturated heterocycles. The highest BCUT2D eigenvalue weighted by Crippen LogP contribution is 2.13. The van der Waals surface area contributed by atoms with Crippen LogP contribution >= 0.6 is 0 Å². The molecule has 0 aromatic heterocycles. The summed E-state index contributed by atoms with van der Waals surface area (Å²) < 4.78 is 15.2. The van der Waals surface area contributed by atoms with Gasteiger partial charge in [-0.3, -0.25) is 4.99 Å². The average Bonchev–Trinajstić information content (AvgIpc) is 2.18. The van der Waals surface area contributed by atoms with Gasteiger partial charge in [0.25, 0.3) is 0 Å². The molecule has 1 N–H and O–H groups in total. The molecule has 0 rings (SSSR count). The Kier molecular flexibility index (Phi) is 8.37. The molecule has 0 aromatic rings. The number of aliphatic imine (C=N–C) groups is 1. The molecule has 0 bridgehead atoms. The summed E-state index contributed by atoms with van der Waals surface area (Å²) in [6, 6.07) is 0. The Morgan fingerprint density at radius 2 is 2.00 bits per heavy atom. The van der Waals surface area contributed by atoms with Crippen molar-refractivity contribution in [1.82, 2.24) is 0 Å². The first-order chi connectivity index (χ1) is 7.49. The van der Waals surface area contributed by atoms with Gasteiger partial charge in [0.1, 0.15) is 6.73 Å². The second kappa shape index (κ2) is 8.64. The van der Waals surface area contributed by atoms with Gasteiger partial charge in [-0.2, -0.15) is 0 Å². The summed E-state index contributed by atoms with van der Waals surface area (Å²) in [5.74, 6) is -1.13. The van der Waals surface area contributed by atoms with Gasteiger partial charge in [0, 0.05) is 33.5 Å². The molecule has 0 aromatic carbocycles. The van der Waals surface area contributed by atoms with E-state index < -0.39 is 5.79 Å². The fourth-order valence-corrected chi connectivity index (χ4v) is 1.20. The van der Waals surface area contributed by atoms with Gasteiger partial charge in [-0.05, 0) is 20.3 Å². The minimum Gasteiger partial charge on any atom is -0.385 e. The molecule has 5 nitrogen and oxygen atoms in total. The predicted octanol–water partition coefficient (Wildman–Crippen LogP) is 1.20. The van der Waals surface area contributed by atoms with Crippen LogP contribution in [0.25, 0.3) is 0 Å². The quantitative estimate of drug-likeness (QED) is 0.480. The largest absolute Gasteiger partial charge is 0.385 e. The fourth-order valence-electron chi connectivity index (χ4n) is 1.20. The molecule has 0 aliphatic carbocycles. The third-order valence-corrected chi connectivity index (χ3v) is 1.80. The minimum absolute atomic E-state index is 0.0967.